The zero-order valence-corrected chi connectivity index (χ0v) is 17.0. The SMILES string of the molecule is Cl.O=c1[nH]nc(C2CCN(CCCOc3ccc(F)cc3)CC2)c2ccccc12. The van der Waals surface area contributed by atoms with Crippen LogP contribution < -0.4 is 10.3 Å². The smallest absolute Gasteiger partial charge is 0.272 e. The number of fused-ring (bicyclic) bond motifs is 1. The first-order valence-corrected chi connectivity index (χ1v) is 9.79. The predicted octanol–water partition coefficient (Wildman–Crippen LogP) is 4.13. The number of hydrogen-bond donors (Lipinski definition) is 1. The number of benzene rings is 2. The quantitative estimate of drug-likeness (QED) is 0.612. The van der Waals surface area contributed by atoms with Gasteiger partial charge in [-0.3, -0.25) is 4.79 Å². The van der Waals surface area contributed by atoms with Crippen LogP contribution in [-0.2, 0) is 0 Å². The van der Waals surface area contributed by atoms with Crippen LogP contribution in [0.25, 0.3) is 10.8 Å². The standard InChI is InChI=1S/C22H24FN3O2.ClH/c23-17-6-8-18(9-7-17)28-15-3-12-26-13-10-16(11-14-26)21-19-4-1-2-5-20(19)22(27)25-24-21;/h1-2,4-9,16H,3,10-15H2,(H,25,27);1H. The highest BCUT2D eigenvalue weighted by atomic mass is 35.5. The summed E-state index contributed by atoms with van der Waals surface area (Å²) in [5.74, 6) is 0.824. The minimum atomic E-state index is -0.250. The number of nitrogens with zero attached hydrogens (tertiary/aromatic N) is 2. The summed E-state index contributed by atoms with van der Waals surface area (Å²) in [5.41, 5.74) is 0.882. The second-order valence-corrected chi connectivity index (χ2v) is 7.26. The molecule has 0 amide bonds. The fourth-order valence-electron chi connectivity index (χ4n) is 3.89. The second-order valence-electron chi connectivity index (χ2n) is 7.26. The van der Waals surface area contributed by atoms with Gasteiger partial charge >= 0.3 is 0 Å². The Bertz CT molecular complexity index is 985. The number of rotatable bonds is 6. The number of H-pyrrole nitrogens is 1. The molecule has 1 aliphatic heterocycles. The Morgan fingerprint density at radius 2 is 1.76 bits per heavy atom. The number of hydrogen-bond acceptors (Lipinski definition) is 4. The molecule has 0 aliphatic carbocycles. The van der Waals surface area contributed by atoms with Crippen LogP contribution in [0.3, 0.4) is 0 Å². The Hall–Kier alpha value is -2.44. The fourth-order valence-corrected chi connectivity index (χ4v) is 3.89. The molecule has 1 aliphatic rings. The van der Waals surface area contributed by atoms with Gasteiger partial charge in [-0.05, 0) is 62.7 Å². The Balaban J connectivity index is 0.00000240. The number of piperidine rings is 1. The molecule has 29 heavy (non-hydrogen) atoms. The Kier molecular flexibility index (Phi) is 7.23. The molecule has 1 fully saturated rings. The normalized spacial score (nSPS) is 15.2. The molecule has 0 atom stereocenters. The Morgan fingerprint density at radius 1 is 1.07 bits per heavy atom. The van der Waals surface area contributed by atoms with Crippen LogP contribution >= 0.6 is 12.4 Å². The van der Waals surface area contributed by atoms with Crippen molar-refractivity contribution in [2.75, 3.05) is 26.2 Å². The van der Waals surface area contributed by atoms with E-state index in [0.29, 0.717) is 23.7 Å². The summed E-state index contributed by atoms with van der Waals surface area (Å²) < 4.78 is 18.6. The van der Waals surface area contributed by atoms with Crippen molar-refractivity contribution >= 4 is 23.2 Å². The van der Waals surface area contributed by atoms with Gasteiger partial charge in [0, 0.05) is 17.8 Å². The van der Waals surface area contributed by atoms with E-state index in [1.807, 2.05) is 24.3 Å². The van der Waals surface area contributed by atoms with Crippen molar-refractivity contribution in [1.82, 2.24) is 15.1 Å². The van der Waals surface area contributed by atoms with E-state index in [-0.39, 0.29) is 23.8 Å². The highest BCUT2D eigenvalue weighted by molar-refractivity contribution is 5.85. The molecule has 1 N–H and O–H groups in total. The van der Waals surface area contributed by atoms with Gasteiger partial charge in [-0.15, -0.1) is 12.4 Å². The molecule has 3 aromatic rings. The van der Waals surface area contributed by atoms with E-state index in [1.165, 1.54) is 12.1 Å². The number of nitrogens with one attached hydrogen (secondary N) is 1. The molecule has 5 nitrogen and oxygen atoms in total. The third kappa shape index (κ3) is 5.14. The first kappa shape index (κ1) is 21.3. The summed E-state index contributed by atoms with van der Waals surface area (Å²) in [6.07, 6.45) is 2.99. The molecular formula is C22H25ClFN3O2. The maximum atomic E-state index is 12.9. The van der Waals surface area contributed by atoms with Crippen LogP contribution in [0.1, 0.15) is 30.9 Å². The van der Waals surface area contributed by atoms with Crippen LogP contribution in [0.4, 0.5) is 4.39 Å². The van der Waals surface area contributed by atoms with E-state index in [1.54, 1.807) is 12.1 Å². The topological polar surface area (TPSA) is 58.2 Å². The number of aromatic amines is 1. The van der Waals surface area contributed by atoms with Gasteiger partial charge in [-0.2, -0.15) is 5.10 Å². The summed E-state index contributed by atoms with van der Waals surface area (Å²) in [4.78, 5) is 14.4. The summed E-state index contributed by atoms with van der Waals surface area (Å²) in [5, 5.41) is 8.71. The molecule has 2 heterocycles. The van der Waals surface area contributed by atoms with Gasteiger partial charge in [-0.25, -0.2) is 9.49 Å². The molecule has 1 saturated heterocycles. The second kappa shape index (κ2) is 9.85. The molecular weight excluding hydrogens is 393 g/mol. The maximum Gasteiger partial charge on any atom is 0.272 e. The lowest BCUT2D eigenvalue weighted by molar-refractivity contribution is 0.192. The highest BCUT2D eigenvalue weighted by Crippen LogP contribution is 2.30. The average molecular weight is 418 g/mol. The largest absolute Gasteiger partial charge is 0.494 e. The van der Waals surface area contributed by atoms with Crippen molar-refractivity contribution in [3.8, 4) is 5.75 Å². The van der Waals surface area contributed by atoms with Crippen LogP contribution in [0, 0.1) is 5.82 Å². The van der Waals surface area contributed by atoms with E-state index >= 15 is 0 Å². The van der Waals surface area contributed by atoms with E-state index in [9.17, 15) is 9.18 Å². The molecule has 0 radical (unpaired) electrons. The monoisotopic (exact) mass is 417 g/mol. The van der Waals surface area contributed by atoms with Gasteiger partial charge in [0.2, 0.25) is 0 Å². The molecule has 2 aromatic carbocycles. The summed E-state index contributed by atoms with van der Waals surface area (Å²) in [6, 6.07) is 13.8. The van der Waals surface area contributed by atoms with Crippen molar-refractivity contribution in [3.05, 3.63) is 70.4 Å². The van der Waals surface area contributed by atoms with E-state index in [2.05, 4.69) is 15.1 Å². The number of likely N-dealkylation sites (tertiary alicyclic amines) is 1. The summed E-state index contributed by atoms with van der Waals surface area (Å²) >= 11 is 0. The lowest BCUT2D eigenvalue weighted by atomic mass is 9.90. The maximum absolute atomic E-state index is 12.9. The van der Waals surface area contributed by atoms with Gasteiger partial charge in [0.05, 0.1) is 17.7 Å². The highest BCUT2D eigenvalue weighted by Gasteiger charge is 2.23. The molecule has 154 valence electrons. The number of aromatic nitrogens is 2. The third-order valence-corrected chi connectivity index (χ3v) is 5.40. The molecule has 0 bridgehead atoms. The summed E-state index contributed by atoms with van der Waals surface area (Å²) in [7, 11) is 0. The predicted molar refractivity (Wildman–Crippen MR) is 115 cm³/mol. The van der Waals surface area contributed by atoms with Crippen LogP contribution in [0.15, 0.2) is 53.3 Å². The van der Waals surface area contributed by atoms with Crippen molar-refractivity contribution < 1.29 is 9.13 Å². The van der Waals surface area contributed by atoms with Crippen molar-refractivity contribution in [3.63, 3.8) is 0 Å². The van der Waals surface area contributed by atoms with E-state index < -0.39 is 0 Å². The fraction of sp³-hybridized carbons (Fsp3) is 0.364. The molecule has 0 saturated carbocycles. The minimum Gasteiger partial charge on any atom is -0.494 e. The van der Waals surface area contributed by atoms with Crippen LogP contribution in [-0.4, -0.2) is 41.3 Å². The Morgan fingerprint density at radius 3 is 2.48 bits per heavy atom. The van der Waals surface area contributed by atoms with Crippen molar-refractivity contribution in [2.45, 2.75) is 25.2 Å². The van der Waals surface area contributed by atoms with Gasteiger partial charge in [0.15, 0.2) is 0 Å². The van der Waals surface area contributed by atoms with E-state index in [4.69, 9.17) is 4.74 Å². The molecule has 7 heteroatoms. The first-order valence-electron chi connectivity index (χ1n) is 9.79. The average Bonchev–Trinajstić information content (AvgIpc) is 2.74. The van der Waals surface area contributed by atoms with Gasteiger partial charge in [-0.1, -0.05) is 18.2 Å². The van der Waals surface area contributed by atoms with Gasteiger partial charge < -0.3 is 9.64 Å². The van der Waals surface area contributed by atoms with Gasteiger partial charge in [0.25, 0.3) is 5.56 Å². The molecule has 0 unspecified atom stereocenters. The van der Waals surface area contributed by atoms with Crippen molar-refractivity contribution in [1.29, 1.82) is 0 Å². The lowest BCUT2D eigenvalue weighted by Crippen LogP contribution is -2.34. The zero-order valence-electron chi connectivity index (χ0n) is 16.1. The molecule has 0 spiro atoms. The summed E-state index contributed by atoms with van der Waals surface area (Å²) in [6.45, 7) is 3.62. The van der Waals surface area contributed by atoms with Gasteiger partial charge in [0.1, 0.15) is 11.6 Å². The molecule has 4 rings (SSSR count). The third-order valence-electron chi connectivity index (χ3n) is 5.40. The minimum absolute atomic E-state index is 0. The van der Waals surface area contributed by atoms with Crippen LogP contribution in [0.5, 0.6) is 5.75 Å². The van der Waals surface area contributed by atoms with E-state index in [0.717, 1.165) is 50.0 Å². The lowest BCUT2D eigenvalue weighted by Gasteiger charge is -2.31. The van der Waals surface area contributed by atoms with Crippen molar-refractivity contribution in [2.24, 2.45) is 0 Å². The Labute approximate surface area is 175 Å². The first-order chi connectivity index (χ1) is 13.7. The van der Waals surface area contributed by atoms with Crippen LogP contribution in [0.2, 0.25) is 0 Å². The zero-order chi connectivity index (χ0) is 19.3. The molecule has 1 aromatic heterocycles. The number of ether oxygens (including phenoxy) is 1. The number of halogens is 2.